The summed E-state index contributed by atoms with van der Waals surface area (Å²) in [5.41, 5.74) is 2.92. The molecule has 1 aliphatic rings. The first-order valence-corrected chi connectivity index (χ1v) is 11.7. The number of aromatic nitrogens is 1. The standard InChI is InChI=1S/C24H26N2O4S/c1-17-15-23(18(2)26(17)20-9-10-20)24(27)16-25(19-11-13-21(30-3)14-12-19)31(28,29)22-7-5-4-6-8-22/h4-8,11-15,20H,9-10,16H2,1-3H3. The molecular weight excluding hydrogens is 412 g/mol. The lowest BCUT2D eigenvalue weighted by Gasteiger charge is -2.24. The number of Topliss-reactive ketones (excluding diaryl/α,β-unsaturated/α-hetero) is 1. The zero-order chi connectivity index (χ0) is 22.2. The lowest BCUT2D eigenvalue weighted by atomic mass is 10.1. The highest BCUT2D eigenvalue weighted by Crippen LogP contribution is 2.38. The number of nitrogens with zero attached hydrogens (tertiary/aromatic N) is 2. The van der Waals surface area contributed by atoms with E-state index in [4.69, 9.17) is 4.74 Å². The van der Waals surface area contributed by atoms with E-state index in [-0.39, 0.29) is 17.2 Å². The van der Waals surface area contributed by atoms with Crippen molar-refractivity contribution in [2.75, 3.05) is 18.0 Å². The topological polar surface area (TPSA) is 68.6 Å². The highest BCUT2D eigenvalue weighted by atomic mass is 32.2. The molecule has 6 nitrogen and oxygen atoms in total. The molecule has 0 saturated heterocycles. The van der Waals surface area contributed by atoms with Gasteiger partial charge in [-0.2, -0.15) is 0 Å². The van der Waals surface area contributed by atoms with Gasteiger partial charge in [-0.3, -0.25) is 9.10 Å². The van der Waals surface area contributed by atoms with Crippen molar-refractivity contribution in [3.8, 4) is 5.75 Å². The Kier molecular flexibility index (Phi) is 5.62. The normalized spacial score (nSPS) is 13.8. The second kappa shape index (κ2) is 8.23. The number of rotatable bonds is 8. The molecule has 4 rings (SSSR count). The van der Waals surface area contributed by atoms with Crippen LogP contribution in [-0.2, 0) is 10.0 Å². The van der Waals surface area contributed by atoms with Gasteiger partial charge in [0.15, 0.2) is 5.78 Å². The van der Waals surface area contributed by atoms with E-state index in [1.165, 1.54) is 16.4 Å². The summed E-state index contributed by atoms with van der Waals surface area (Å²) in [6.45, 7) is 3.64. The fraction of sp³-hybridized carbons (Fsp3) is 0.292. The third-order valence-corrected chi connectivity index (χ3v) is 7.46. The largest absolute Gasteiger partial charge is 0.497 e. The number of sulfonamides is 1. The van der Waals surface area contributed by atoms with Crippen molar-refractivity contribution in [2.45, 2.75) is 37.6 Å². The number of ether oxygens (including phenoxy) is 1. The van der Waals surface area contributed by atoms with Crippen LogP contribution < -0.4 is 9.04 Å². The van der Waals surface area contributed by atoms with Gasteiger partial charge in [-0.25, -0.2) is 8.42 Å². The van der Waals surface area contributed by atoms with Gasteiger partial charge in [-0.15, -0.1) is 0 Å². The summed E-state index contributed by atoms with van der Waals surface area (Å²) in [6.07, 6.45) is 2.23. The molecular formula is C24H26N2O4S. The summed E-state index contributed by atoms with van der Waals surface area (Å²) in [6, 6.07) is 17.2. The van der Waals surface area contributed by atoms with Gasteiger partial charge in [0.1, 0.15) is 5.75 Å². The van der Waals surface area contributed by atoms with E-state index >= 15 is 0 Å². The van der Waals surface area contributed by atoms with Gasteiger partial charge in [0, 0.05) is 23.0 Å². The second-order valence-electron chi connectivity index (χ2n) is 7.83. The predicted molar refractivity (Wildman–Crippen MR) is 120 cm³/mol. The van der Waals surface area contributed by atoms with Gasteiger partial charge in [-0.05, 0) is 69.2 Å². The minimum Gasteiger partial charge on any atom is -0.497 e. The highest BCUT2D eigenvalue weighted by Gasteiger charge is 2.31. The van der Waals surface area contributed by atoms with E-state index in [2.05, 4.69) is 4.57 Å². The number of hydrogen-bond donors (Lipinski definition) is 0. The van der Waals surface area contributed by atoms with E-state index in [9.17, 15) is 13.2 Å². The number of carbonyl (C=O) groups excluding carboxylic acids is 1. The van der Waals surface area contributed by atoms with Crippen LogP contribution in [0, 0.1) is 13.8 Å². The van der Waals surface area contributed by atoms with Crippen LogP contribution in [0.15, 0.2) is 65.6 Å². The number of anilines is 1. The SMILES string of the molecule is COc1ccc(N(CC(=O)c2cc(C)n(C3CC3)c2C)S(=O)(=O)c2ccccc2)cc1. The highest BCUT2D eigenvalue weighted by molar-refractivity contribution is 7.92. The number of ketones is 1. The molecule has 0 bridgehead atoms. The van der Waals surface area contributed by atoms with Crippen molar-refractivity contribution in [3.05, 3.63) is 77.6 Å². The molecule has 0 aliphatic heterocycles. The van der Waals surface area contributed by atoms with Gasteiger partial charge < -0.3 is 9.30 Å². The van der Waals surface area contributed by atoms with Gasteiger partial charge in [0.25, 0.3) is 10.0 Å². The van der Waals surface area contributed by atoms with Crippen molar-refractivity contribution in [1.29, 1.82) is 0 Å². The van der Waals surface area contributed by atoms with E-state index in [0.29, 0.717) is 23.0 Å². The van der Waals surface area contributed by atoms with Crippen LogP contribution in [0.4, 0.5) is 5.69 Å². The second-order valence-corrected chi connectivity index (χ2v) is 9.69. The molecule has 1 aliphatic carbocycles. The smallest absolute Gasteiger partial charge is 0.264 e. The Morgan fingerprint density at radius 3 is 2.29 bits per heavy atom. The summed E-state index contributed by atoms with van der Waals surface area (Å²) in [4.78, 5) is 13.5. The van der Waals surface area contributed by atoms with Gasteiger partial charge in [0.2, 0.25) is 0 Å². The number of aryl methyl sites for hydroxylation is 1. The Morgan fingerprint density at radius 1 is 1.06 bits per heavy atom. The zero-order valence-corrected chi connectivity index (χ0v) is 18.7. The Bertz CT molecular complexity index is 1190. The maximum atomic E-state index is 13.5. The van der Waals surface area contributed by atoms with Crippen LogP contribution in [0.2, 0.25) is 0 Å². The lowest BCUT2D eigenvalue weighted by molar-refractivity contribution is 0.100. The van der Waals surface area contributed by atoms with Crippen molar-refractivity contribution >= 4 is 21.5 Å². The monoisotopic (exact) mass is 438 g/mol. The average molecular weight is 439 g/mol. The van der Waals surface area contributed by atoms with E-state index in [0.717, 1.165) is 24.2 Å². The first-order valence-electron chi connectivity index (χ1n) is 10.3. The number of hydrogen-bond acceptors (Lipinski definition) is 4. The van der Waals surface area contributed by atoms with E-state index < -0.39 is 10.0 Å². The van der Waals surface area contributed by atoms with Crippen LogP contribution >= 0.6 is 0 Å². The van der Waals surface area contributed by atoms with Crippen LogP contribution in [0.25, 0.3) is 0 Å². The maximum absolute atomic E-state index is 13.5. The molecule has 0 N–H and O–H groups in total. The Balaban J connectivity index is 1.72. The molecule has 1 saturated carbocycles. The molecule has 2 aromatic carbocycles. The first kappa shape index (κ1) is 21.2. The Hall–Kier alpha value is -3.06. The molecule has 162 valence electrons. The molecule has 1 aromatic heterocycles. The molecule has 3 aromatic rings. The summed E-state index contributed by atoms with van der Waals surface area (Å²) < 4.78 is 35.5. The third-order valence-electron chi connectivity index (χ3n) is 5.68. The minimum absolute atomic E-state index is 0.141. The number of benzene rings is 2. The molecule has 0 unspecified atom stereocenters. The van der Waals surface area contributed by atoms with Crippen molar-refractivity contribution in [1.82, 2.24) is 4.57 Å². The van der Waals surface area contributed by atoms with Gasteiger partial charge >= 0.3 is 0 Å². The summed E-state index contributed by atoms with van der Waals surface area (Å²) in [5, 5.41) is 0. The average Bonchev–Trinajstić information content (AvgIpc) is 3.56. The Labute approximate surface area is 183 Å². The summed E-state index contributed by atoms with van der Waals surface area (Å²) in [7, 11) is -2.38. The van der Waals surface area contributed by atoms with Crippen LogP contribution in [0.3, 0.4) is 0 Å². The third kappa shape index (κ3) is 4.10. The van der Waals surface area contributed by atoms with Crippen molar-refractivity contribution < 1.29 is 17.9 Å². The van der Waals surface area contributed by atoms with Crippen LogP contribution in [0.5, 0.6) is 5.75 Å². The molecule has 0 atom stereocenters. The molecule has 0 radical (unpaired) electrons. The van der Waals surface area contributed by atoms with Gasteiger partial charge in [0.05, 0.1) is 24.2 Å². The summed E-state index contributed by atoms with van der Waals surface area (Å²) >= 11 is 0. The zero-order valence-electron chi connectivity index (χ0n) is 17.9. The van der Waals surface area contributed by atoms with Crippen LogP contribution in [-0.4, -0.2) is 32.4 Å². The lowest BCUT2D eigenvalue weighted by Crippen LogP contribution is -2.36. The molecule has 7 heteroatoms. The molecule has 31 heavy (non-hydrogen) atoms. The number of methoxy groups -OCH3 is 1. The van der Waals surface area contributed by atoms with Crippen molar-refractivity contribution in [2.24, 2.45) is 0 Å². The Morgan fingerprint density at radius 2 is 1.71 bits per heavy atom. The number of carbonyl (C=O) groups is 1. The minimum atomic E-state index is -3.93. The van der Waals surface area contributed by atoms with E-state index in [1.807, 2.05) is 19.9 Å². The summed E-state index contributed by atoms with van der Waals surface area (Å²) in [5.74, 6) is 0.385. The first-order chi connectivity index (χ1) is 14.8. The van der Waals surface area contributed by atoms with E-state index in [1.54, 1.807) is 49.6 Å². The molecule has 1 heterocycles. The molecule has 0 amide bonds. The van der Waals surface area contributed by atoms with Crippen molar-refractivity contribution in [3.63, 3.8) is 0 Å². The fourth-order valence-corrected chi connectivity index (χ4v) is 5.39. The molecule has 0 spiro atoms. The van der Waals surface area contributed by atoms with Crippen LogP contribution in [0.1, 0.15) is 40.6 Å². The fourth-order valence-electron chi connectivity index (χ4n) is 3.95. The van der Waals surface area contributed by atoms with Gasteiger partial charge in [-0.1, -0.05) is 18.2 Å². The molecule has 1 fully saturated rings. The quantitative estimate of drug-likeness (QED) is 0.485. The predicted octanol–water partition coefficient (Wildman–Crippen LogP) is 4.53. The maximum Gasteiger partial charge on any atom is 0.264 e.